The Morgan fingerprint density at radius 2 is 1.94 bits per heavy atom. The van der Waals surface area contributed by atoms with Gasteiger partial charge in [-0.15, -0.1) is 0 Å². The summed E-state index contributed by atoms with van der Waals surface area (Å²) >= 11 is 0. The van der Waals surface area contributed by atoms with E-state index >= 15 is 0 Å². The summed E-state index contributed by atoms with van der Waals surface area (Å²) in [7, 11) is 0. The van der Waals surface area contributed by atoms with Crippen molar-refractivity contribution in [3.63, 3.8) is 0 Å². The molecule has 3 rings (SSSR count). The van der Waals surface area contributed by atoms with Crippen LogP contribution in [-0.4, -0.2) is 19.0 Å². The quantitative estimate of drug-likeness (QED) is 0.684. The number of fused-ring (bicyclic) bond motifs is 2. The molecule has 2 heteroatoms. The van der Waals surface area contributed by atoms with Gasteiger partial charge >= 0.3 is 0 Å². The fourth-order valence-electron chi connectivity index (χ4n) is 3.26. The van der Waals surface area contributed by atoms with Crippen LogP contribution < -0.4 is 0 Å². The summed E-state index contributed by atoms with van der Waals surface area (Å²) in [6.45, 7) is 3.55. The second-order valence-electron chi connectivity index (χ2n) is 5.28. The largest absolute Gasteiger partial charge is 0.381 e. The highest BCUT2D eigenvalue weighted by Gasteiger charge is 2.44. The second-order valence-corrected chi connectivity index (χ2v) is 5.28. The fourth-order valence-corrected chi connectivity index (χ4v) is 3.26. The molecule has 17 heavy (non-hydrogen) atoms. The van der Waals surface area contributed by atoms with Crippen molar-refractivity contribution in [3.8, 4) is 0 Å². The predicted octanol–water partition coefficient (Wildman–Crippen LogP) is 2.56. The van der Waals surface area contributed by atoms with E-state index in [1.165, 1.54) is 16.7 Å². The minimum absolute atomic E-state index is 0.224. The van der Waals surface area contributed by atoms with E-state index in [-0.39, 0.29) is 5.41 Å². The van der Waals surface area contributed by atoms with Gasteiger partial charge in [0.1, 0.15) is 5.78 Å². The van der Waals surface area contributed by atoms with Gasteiger partial charge in [-0.2, -0.15) is 0 Å². The Hall–Kier alpha value is -1.15. The monoisotopic (exact) mass is 230 g/mol. The molecule has 2 nitrogen and oxygen atoms in total. The SMILES string of the molecule is Cc1ccc2c(c1)C1(CCOCC1)C(=O)CC2. The Morgan fingerprint density at radius 3 is 2.71 bits per heavy atom. The highest BCUT2D eigenvalue weighted by atomic mass is 16.5. The number of hydrogen-bond donors (Lipinski definition) is 0. The van der Waals surface area contributed by atoms with E-state index in [9.17, 15) is 4.79 Å². The second kappa shape index (κ2) is 3.95. The number of carbonyl (C=O) groups excluding carboxylic acids is 1. The standard InChI is InChI=1S/C15H18O2/c1-11-2-3-12-4-5-14(16)15(13(12)10-11)6-8-17-9-7-15/h2-3,10H,4-9H2,1H3. The van der Waals surface area contributed by atoms with Gasteiger partial charge in [-0.05, 0) is 37.3 Å². The molecular weight excluding hydrogens is 212 g/mol. The predicted molar refractivity (Wildman–Crippen MR) is 66.2 cm³/mol. The molecule has 0 amide bonds. The maximum Gasteiger partial charge on any atom is 0.143 e. The zero-order valence-electron chi connectivity index (χ0n) is 10.3. The Labute approximate surface area is 102 Å². The van der Waals surface area contributed by atoms with Crippen LogP contribution in [0.3, 0.4) is 0 Å². The molecule has 1 fully saturated rings. The van der Waals surface area contributed by atoms with Crippen molar-refractivity contribution in [2.24, 2.45) is 0 Å². The maximum absolute atomic E-state index is 12.4. The van der Waals surface area contributed by atoms with Crippen molar-refractivity contribution in [3.05, 3.63) is 34.9 Å². The lowest BCUT2D eigenvalue weighted by Crippen LogP contribution is -2.44. The zero-order valence-corrected chi connectivity index (χ0v) is 10.3. The molecule has 0 N–H and O–H groups in total. The third kappa shape index (κ3) is 1.62. The molecule has 1 aliphatic heterocycles. The fraction of sp³-hybridized carbons (Fsp3) is 0.533. The molecule has 1 spiro atoms. The summed E-state index contributed by atoms with van der Waals surface area (Å²) < 4.78 is 5.44. The van der Waals surface area contributed by atoms with E-state index in [0.29, 0.717) is 12.2 Å². The highest BCUT2D eigenvalue weighted by Crippen LogP contribution is 2.42. The van der Waals surface area contributed by atoms with Gasteiger partial charge in [-0.25, -0.2) is 0 Å². The Balaban J connectivity index is 2.14. The third-order valence-electron chi connectivity index (χ3n) is 4.28. The summed E-state index contributed by atoms with van der Waals surface area (Å²) in [4.78, 5) is 12.4. The van der Waals surface area contributed by atoms with Crippen LogP contribution in [0.5, 0.6) is 0 Å². The molecule has 0 aromatic heterocycles. The average Bonchev–Trinajstić information content (AvgIpc) is 2.36. The normalized spacial score (nSPS) is 22.5. The molecule has 1 aromatic carbocycles. The summed E-state index contributed by atoms with van der Waals surface area (Å²) in [5.74, 6) is 0.430. The minimum atomic E-state index is -0.224. The van der Waals surface area contributed by atoms with Crippen LogP contribution >= 0.6 is 0 Å². The molecule has 2 aliphatic rings. The first-order chi connectivity index (χ1) is 8.22. The summed E-state index contributed by atoms with van der Waals surface area (Å²) in [6.07, 6.45) is 3.34. The summed E-state index contributed by atoms with van der Waals surface area (Å²) in [5.41, 5.74) is 3.69. The molecule has 0 unspecified atom stereocenters. The Kier molecular flexibility index (Phi) is 2.55. The third-order valence-corrected chi connectivity index (χ3v) is 4.28. The van der Waals surface area contributed by atoms with Gasteiger partial charge in [0.2, 0.25) is 0 Å². The summed E-state index contributed by atoms with van der Waals surface area (Å²) in [5, 5.41) is 0. The van der Waals surface area contributed by atoms with Gasteiger partial charge in [-0.1, -0.05) is 23.8 Å². The first-order valence-electron chi connectivity index (χ1n) is 6.43. The molecule has 0 saturated carbocycles. The van der Waals surface area contributed by atoms with E-state index in [4.69, 9.17) is 4.74 Å². The van der Waals surface area contributed by atoms with Gasteiger partial charge in [0, 0.05) is 19.6 Å². The number of ether oxygens (including phenoxy) is 1. The van der Waals surface area contributed by atoms with Crippen molar-refractivity contribution in [2.45, 2.75) is 38.0 Å². The van der Waals surface area contributed by atoms with Crippen molar-refractivity contribution in [1.82, 2.24) is 0 Å². The van der Waals surface area contributed by atoms with E-state index in [0.717, 1.165) is 32.5 Å². The van der Waals surface area contributed by atoms with Crippen LogP contribution in [0.25, 0.3) is 0 Å². The molecule has 90 valence electrons. The summed E-state index contributed by atoms with van der Waals surface area (Å²) in [6, 6.07) is 6.58. The first kappa shape index (κ1) is 11.0. The van der Waals surface area contributed by atoms with Gasteiger partial charge in [0.15, 0.2) is 0 Å². The molecule has 1 aromatic rings. The van der Waals surface area contributed by atoms with Gasteiger partial charge in [0.25, 0.3) is 0 Å². The van der Waals surface area contributed by atoms with Crippen molar-refractivity contribution >= 4 is 5.78 Å². The average molecular weight is 230 g/mol. The van der Waals surface area contributed by atoms with Crippen molar-refractivity contribution in [2.75, 3.05) is 13.2 Å². The van der Waals surface area contributed by atoms with Crippen LogP contribution in [0, 0.1) is 6.92 Å². The van der Waals surface area contributed by atoms with Crippen LogP contribution in [0.2, 0.25) is 0 Å². The minimum Gasteiger partial charge on any atom is -0.381 e. The van der Waals surface area contributed by atoms with Gasteiger partial charge in [0.05, 0.1) is 5.41 Å². The number of aryl methyl sites for hydroxylation is 2. The number of rotatable bonds is 0. The molecule has 0 radical (unpaired) electrons. The van der Waals surface area contributed by atoms with Crippen molar-refractivity contribution in [1.29, 1.82) is 0 Å². The van der Waals surface area contributed by atoms with E-state index < -0.39 is 0 Å². The number of ketones is 1. The van der Waals surface area contributed by atoms with Gasteiger partial charge < -0.3 is 4.74 Å². The molecule has 1 aliphatic carbocycles. The topological polar surface area (TPSA) is 26.3 Å². The number of carbonyl (C=O) groups is 1. The van der Waals surface area contributed by atoms with E-state index in [1.54, 1.807) is 0 Å². The van der Waals surface area contributed by atoms with Crippen LogP contribution in [0.1, 0.15) is 36.0 Å². The smallest absolute Gasteiger partial charge is 0.143 e. The maximum atomic E-state index is 12.4. The lowest BCUT2D eigenvalue weighted by Gasteiger charge is -2.40. The molecule has 1 heterocycles. The molecule has 1 saturated heterocycles. The molecule has 0 atom stereocenters. The van der Waals surface area contributed by atoms with E-state index in [1.807, 2.05) is 0 Å². The van der Waals surface area contributed by atoms with Gasteiger partial charge in [-0.3, -0.25) is 4.79 Å². The Morgan fingerprint density at radius 1 is 1.18 bits per heavy atom. The van der Waals surface area contributed by atoms with Crippen LogP contribution in [0.15, 0.2) is 18.2 Å². The van der Waals surface area contributed by atoms with Crippen LogP contribution in [-0.2, 0) is 21.4 Å². The number of benzene rings is 1. The van der Waals surface area contributed by atoms with E-state index in [2.05, 4.69) is 25.1 Å². The number of Topliss-reactive ketones (excluding diaryl/α,β-unsaturated/α-hetero) is 1. The Bertz CT molecular complexity index is 456. The first-order valence-corrected chi connectivity index (χ1v) is 6.43. The zero-order chi connectivity index (χ0) is 11.9. The van der Waals surface area contributed by atoms with Crippen LogP contribution in [0.4, 0.5) is 0 Å². The molecular formula is C15H18O2. The lowest BCUT2D eigenvalue weighted by atomic mass is 9.64. The van der Waals surface area contributed by atoms with Crippen molar-refractivity contribution < 1.29 is 9.53 Å². The lowest BCUT2D eigenvalue weighted by molar-refractivity contribution is -0.128. The molecule has 0 bridgehead atoms. The number of hydrogen-bond acceptors (Lipinski definition) is 2. The highest BCUT2D eigenvalue weighted by molar-refractivity contribution is 5.92.